The van der Waals surface area contributed by atoms with Gasteiger partial charge in [0.1, 0.15) is 0 Å². The molecule has 2 aliphatic rings. The van der Waals surface area contributed by atoms with Crippen molar-refractivity contribution in [2.75, 3.05) is 39.3 Å². The highest BCUT2D eigenvalue weighted by atomic mass is 16.1. The van der Waals surface area contributed by atoms with Crippen LogP contribution in [0.25, 0.3) is 0 Å². The van der Waals surface area contributed by atoms with Gasteiger partial charge in [-0.15, -0.1) is 0 Å². The molecule has 5 nitrogen and oxygen atoms in total. The zero-order valence-corrected chi connectivity index (χ0v) is 13.5. The number of likely N-dealkylation sites (tertiary alicyclic amines) is 2. The second-order valence-corrected chi connectivity index (χ2v) is 6.65. The van der Waals surface area contributed by atoms with Crippen molar-refractivity contribution in [3.63, 3.8) is 0 Å². The van der Waals surface area contributed by atoms with E-state index >= 15 is 0 Å². The number of hydrogen-bond donors (Lipinski definition) is 2. The summed E-state index contributed by atoms with van der Waals surface area (Å²) in [6.07, 6.45) is 7.45. The highest BCUT2D eigenvalue weighted by Crippen LogP contribution is 2.16. The summed E-state index contributed by atoms with van der Waals surface area (Å²) < 4.78 is 0. The molecule has 2 rings (SSSR count). The number of hydrogen-bond acceptors (Lipinski definition) is 4. The molecule has 0 aliphatic carbocycles. The lowest BCUT2D eigenvalue weighted by atomic mass is 10.0. The summed E-state index contributed by atoms with van der Waals surface area (Å²) in [5, 5.41) is 3.86. The van der Waals surface area contributed by atoms with Gasteiger partial charge < -0.3 is 16.0 Å². The summed E-state index contributed by atoms with van der Waals surface area (Å²) >= 11 is 0. The molecule has 2 heterocycles. The molecule has 1 unspecified atom stereocenters. The van der Waals surface area contributed by atoms with Crippen molar-refractivity contribution in [2.45, 2.75) is 57.5 Å². The molecule has 0 aromatic heterocycles. The summed E-state index contributed by atoms with van der Waals surface area (Å²) in [7, 11) is 0. The smallest absolute Gasteiger partial charge is 0.231 e. The molecule has 2 aliphatic heterocycles. The number of nitrogens with zero attached hydrogens (tertiary/aromatic N) is 2. The lowest BCUT2D eigenvalue weighted by Crippen LogP contribution is -2.48. The topological polar surface area (TPSA) is 61.6 Å². The summed E-state index contributed by atoms with van der Waals surface area (Å²) in [5.74, 6) is -0.207. The maximum Gasteiger partial charge on any atom is 0.231 e. The van der Waals surface area contributed by atoms with Crippen LogP contribution in [0.3, 0.4) is 0 Å². The highest BCUT2D eigenvalue weighted by molar-refractivity contribution is 5.75. The van der Waals surface area contributed by atoms with Gasteiger partial charge in [-0.05, 0) is 58.2 Å². The number of carbonyl (C=O) groups is 1. The Morgan fingerprint density at radius 3 is 2.29 bits per heavy atom. The maximum atomic E-state index is 10.9. The molecule has 0 aromatic rings. The first-order valence-corrected chi connectivity index (χ1v) is 8.66. The molecule has 0 bridgehead atoms. The van der Waals surface area contributed by atoms with E-state index in [0.29, 0.717) is 18.6 Å². The highest BCUT2D eigenvalue weighted by Gasteiger charge is 2.23. The largest absolute Gasteiger partial charge is 0.369 e. The molecule has 3 N–H and O–H groups in total. The Labute approximate surface area is 129 Å². The molecule has 5 heteroatoms. The first-order chi connectivity index (χ1) is 10.2. The summed E-state index contributed by atoms with van der Waals surface area (Å²) in [4.78, 5) is 15.7. The fraction of sp³-hybridized carbons (Fsp3) is 0.938. The zero-order valence-electron chi connectivity index (χ0n) is 13.5. The summed E-state index contributed by atoms with van der Waals surface area (Å²) in [5.41, 5.74) is 5.26. The lowest BCUT2D eigenvalue weighted by molar-refractivity contribution is -0.119. The third kappa shape index (κ3) is 5.93. The normalized spacial score (nSPS) is 26.6. The van der Waals surface area contributed by atoms with Crippen LogP contribution in [0.15, 0.2) is 0 Å². The number of rotatable bonds is 6. The van der Waals surface area contributed by atoms with Gasteiger partial charge in [-0.2, -0.15) is 0 Å². The van der Waals surface area contributed by atoms with E-state index in [1.54, 1.807) is 0 Å². The van der Waals surface area contributed by atoms with Crippen LogP contribution >= 0.6 is 0 Å². The average Bonchev–Trinajstić information content (AvgIpc) is 2.67. The van der Waals surface area contributed by atoms with Crippen molar-refractivity contribution < 1.29 is 4.79 Å². The van der Waals surface area contributed by atoms with Gasteiger partial charge >= 0.3 is 0 Å². The third-order valence-corrected chi connectivity index (χ3v) is 4.80. The van der Waals surface area contributed by atoms with Gasteiger partial charge in [0.05, 0.1) is 6.54 Å². The van der Waals surface area contributed by atoms with Crippen LogP contribution in [0.4, 0.5) is 0 Å². The van der Waals surface area contributed by atoms with E-state index in [1.165, 1.54) is 45.3 Å². The summed E-state index contributed by atoms with van der Waals surface area (Å²) in [6.45, 7) is 8.43. The average molecular weight is 296 g/mol. The predicted molar refractivity (Wildman–Crippen MR) is 86.2 cm³/mol. The molecule has 21 heavy (non-hydrogen) atoms. The monoisotopic (exact) mass is 296 g/mol. The Balaban J connectivity index is 1.67. The number of carbonyl (C=O) groups excluding carboxylic acids is 1. The van der Waals surface area contributed by atoms with E-state index < -0.39 is 0 Å². The fourth-order valence-corrected chi connectivity index (χ4v) is 3.67. The van der Waals surface area contributed by atoms with Crippen LogP contribution < -0.4 is 11.1 Å². The Kier molecular flexibility index (Phi) is 6.93. The molecule has 1 atom stereocenters. The van der Waals surface area contributed by atoms with Crippen molar-refractivity contribution in [3.8, 4) is 0 Å². The Hall–Kier alpha value is -0.650. The molecule has 122 valence electrons. The molecule has 0 radical (unpaired) electrons. The Morgan fingerprint density at radius 2 is 1.67 bits per heavy atom. The number of nitrogens with one attached hydrogen (secondary N) is 1. The van der Waals surface area contributed by atoms with Crippen LogP contribution in [0.5, 0.6) is 0 Å². The molecule has 2 saturated heterocycles. The standard InChI is InChI=1S/C16H32N4O/c1-2-8-19-9-3-4-14(5-10-19)18-15-6-11-20(12-7-15)13-16(17)21/h14-15,18H,2-13H2,1H3,(H2,17,21). The molecular weight excluding hydrogens is 264 g/mol. The molecular formula is C16H32N4O. The SMILES string of the molecule is CCCN1CCCC(NC2CCN(CC(N)=O)CC2)CC1. The van der Waals surface area contributed by atoms with E-state index in [0.717, 1.165) is 25.9 Å². The van der Waals surface area contributed by atoms with Crippen LogP contribution in [-0.2, 0) is 4.79 Å². The van der Waals surface area contributed by atoms with E-state index in [4.69, 9.17) is 5.73 Å². The minimum absolute atomic E-state index is 0.207. The Morgan fingerprint density at radius 1 is 1.05 bits per heavy atom. The van der Waals surface area contributed by atoms with Crippen molar-refractivity contribution in [3.05, 3.63) is 0 Å². The van der Waals surface area contributed by atoms with Gasteiger partial charge in [0.15, 0.2) is 0 Å². The molecule has 0 aromatic carbocycles. The van der Waals surface area contributed by atoms with Crippen molar-refractivity contribution in [2.24, 2.45) is 5.73 Å². The van der Waals surface area contributed by atoms with Crippen molar-refractivity contribution in [1.29, 1.82) is 0 Å². The van der Waals surface area contributed by atoms with Crippen molar-refractivity contribution in [1.82, 2.24) is 15.1 Å². The third-order valence-electron chi connectivity index (χ3n) is 4.80. The first kappa shape index (κ1) is 16.7. The minimum Gasteiger partial charge on any atom is -0.369 e. The molecule has 1 amide bonds. The van der Waals surface area contributed by atoms with Crippen LogP contribution in [0, 0.1) is 0 Å². The fourth-order valence-electron chi connectivity index (χ4n) is 3.67. The quantitative estimate of drug-likeness (QED) is 0.761. The zero-order chi connectivity index (χ0) is 15.1. The van der Waals surface area contributed by atoms with Crippen LogP contribution in [0.1, 0.15) is 45.4 Å². The van der Waals surface area contributed by atoms with Gasteiger partial charge in [0.25, 0.3) is 0 Å². The van der Waals surface area contributed by atoms with Gasteiger partial charge in [0.2, 0.25) is 5.91 Å². The second-order valence-electron chi connectivity index (χ2n) is 6.65. The minimum atomic E-state index is -0.207. The van der Waals surface area contributed by atoms with E-state index in [1.807, 2.05) is 0 Å². The number of amides is 1. The van der Waals surface area contributed by atoms with Gasteiger partial charge in [0, 0.05) is 25.2 Å². The van der Waals surface area contributed by atoms with E-state index in [-0.39, 0.29) is 5.91 Å². The molecule has 0 spiro atoms. The van der Waals surface area contributed by atoms with E-state index in [9.17, 15) is 4.79 Å². The molecule has 0 saturated carbocycles. The van der Waals surface area contributed by atoms with Gasteiger partial charge in [-0.3, -0.25) is 9.69 Å². The van der Waals surface area contributed by atoms with E-state index in [2.05, 4.69) is 22.0 Å². The van der Waals surface area contributed by atoms with Gasteiger partial charge in [-0.25, -0.2) is 0 Å². The first-order valence-electron chi connectivity index (χ1n) is 8.66. The second kappa shape index (κ2) is 8.71. The van der Waals surface area contributed by atoms with Crippen molar-refractivity contribution >= 4 is 5.91 Å². The van der Waals surface area contributed by atoms with Crippen LogP contribution in [-0.4, -0.2) is 67.1 Å². The number of piperidine rings is 1. The summed E-state index contributed by atoms with van der Waals surface area (Å²) in [6, 6.07) is 1.30. The molecule has 2 fully saturated rings. The predicted octanol–water partition coefficient (Wildman–Crippen LogP) is 0.790. The number of nitrogens with two attached hydrogens (primary N) is 1. The maximum absolute atomic E-state index is 10.9. The Bertz CT molecular complexity index is 315. The van der Waals surface area contributed by atoms with Gasteiger partial charge in [-0.1, -0.05) is 6.92 Å². The van der Waals surface area contributed by atoms with Crippen LogP contribution in [0.2, 0.25) is 0 Å². The lowest BCUT2D eigenvalue weighted by Gasteiger charge is -2.33. The number of primary amides is 1.